The molecule has 7 nitrogen and oxygen atoms in total. The summed E-state index contributed by atoms with van der Waals surface area (Å²) in [5.74, 6) is -0.160. The molecule has 1 aromatic carbocycles. The van der Waals surface area contributed by atoms with Crippen LogP contribution in [0.1, 0.15) is 28.5 Å². The number of oxazole rings is 1. The molecule has 0 saturated carbocycles. The number of aryl methyl sites for hydroxylation is 1. The lowest BCUT2D eigenvalue weighted by Gasteiger charge is -2.09. The Kier molecular flexibility index (Phi) is 5.73. The molecule has 0 saturated heterocycles. The zero-order chi connectivity index (χ0) is 19.4. The normalized spacial score (nSPS) is 11.5. The van der Waals surface area contributed by atoms with Gasteiger partial charge < -0.3 is 9.15 Å². The second-order valence-electron chi connectivity index (χ2n) is 5.68. The molecule has 142 valence electrons. The number of ether oxygens (including phenoxy) is 1. The molecule has 2 aromatic heterocycles. The predicted molar refractivity (Wildman–Crippen MR) is 101 cm³/mol. The van der Waals surface area contributed by atoms with Crippen molar-refractivity contribution < 1.29 is 22.4 Å². The molecule has 27 heavy (non-hydrogen) atoms. The number of esters is 1. The van der Waals surface area contributed by atoms with Crippen molar-refractivity contribution in [3.63, 3.8) is 0 Å². The number of thiophene rings is 1. The highest BCUT2D eigenvalue weighted by Gasteiger charge is 2.18. The first-order valence-electron chi connectivity index (χ1n) is 8.16. The topological polar surface area (TPSA) is 98.5 Å². The summed E-state index contributed by atoms with van der Waals surface area (Å²) < 4.78 is 37.3. The largest absolute Gasteiger partial charge is 0.455 e. The van der Waals surface area contributed by atoms with Crippen LogP contribution in [0.3, 0.4) is 0 Å². The highest BCUT2D eigenvalue weighted by molar-refractivity contribution is 7.89. The second kappa shape index (κ2) is 8.03. The summed E-state index contributed by atoms with van der Waals surface area (Å²) in [6.45, 7) is 3.58. The zero-order valence-electron chi connectivity index (χ0n) is 14.8. The summed E-state index contributed by atoms with van der Waals surface area (Å²) in [7, 11) is -3.66. The quantitative estimate of drug-likeness (QED) is 0.604. The van der Waals surface area contributed by atoms with Crippen molar-refractivity contribution in [1.82, 2.24) is 9.71 Å². The molecule has 0 aliphatic rings. The van der Waals surface area contributed by atoms with Gasteiger partial charge in [-0.25, -0.2) is 22.9 Å². The lowest BCUT2D eigenvalue weighted by atomic mass is 10.1. The fourth-order valence-corrected chi connectivity index (χ4v) is 4.09. The van der Waals surface area contributed by atoms with Gasteiger partial charge in [0.1, 0.15) is 18.6 Å². The minimum absolute atomic E-state index is 0.0170. The van der Waals surface area contributed by atoms with Gasteiger partial charge in [0.2, 0.25) is 15.9 Å². The number of nitrogens with zero attached hydrogens (tertiary/aromatic N) is 1. The van der Waals surface area contributed by atoms with Gasteiger partial charge in [0.15, 0.2) is 0 Å². The summed E-state index contributed by atoms with van der Waals surface area (Å²) in [5.41, 5.74) is 1.28. The van der Waals surface area contributed by atoms with Crippen molar-refractivity contribution in [1.29, 1.82) is 0 Å². The Morgan fingerprint density at radius 3 is 2.85 bits per heavy atom. The molecule has 1 N–H and O–H groups in total. The molecule has 0 aliphatic carbocycles. The third-order valence-corrected chi connectivity index (χ3v) is 6.11. The standard InChI is InChI=1S/C18H18N2O5S2/c1-3-19-27(22,23)14-7-6-12(2)15(9-14)18(21)25-11-13-10-24-17(20-13)16-5-4-8-26-16/h4-10,19H,3,11H2,1-2H3. The van der Waals surface area contributed by atoms with Crippen LogP contribution in [0.15, 0.2) is 51.3 Å². The molecule has 0 aliphatic heterocycles. The number of sulfonamides is 1. The van der Waals surface area contributed by atoms with E-state index in [0.29, 0.717) is 17.1 Å². The number of aromatic nitrogens is 1. The van der Waals surface area contributed by atoms with Crippen LogP contribution < -0.4 is 4.72 Å². The molecule has 0 atom stereocenters. The van der Waals surface area contributed by atoms with Crippen molar-refractivity contribution >= 4 is 27.3 Å². The first-order valence-corrected chi connectivity index (χ1v) is 10.5. The van der Waals surface area contributed by atoms with Crippen LogP contribution in [0.25, 0.3) is 10.8 Å². The first kappa shape index (κ1) is 19.3. The van der Waals surface area contributed by atoms with Gasteiger partial charge in [-0.05, 0) is 36.1 Å². The summed E-state index contributed by atoms with van der Waals surface area (Å²) in [5, 5.41) is 1.91. The fraction of sp³-hybridized carbons (Fsp3) is 0.222. The monoisotopic (exact) mass is 406 g/mol. The number of carbonyl (C=O) groups is 1. The molecule has 2 heterocycles. The zero-order valence-corrected chi connectivity index (χ0v) is 16.4. The predicted octanol–water partition coefficient (Wildman–Crippen LogP) is 3.37. The number of hydrogen-bond donors (Lipinski definition) is 1. The number of benzene rings is 1. The lowest BCUT2D eigenvalue weighted by Crippen LogP contribution is -2.23. The van der Waals surface area contributed by atoms with Crippen LogP contribution in [0.2, 0.25) is 0 Å². The van der Waals surface area contributed by atoms with Gasteiger partial charge in [-0.15, -0.1) is 11.3 Å². The molecule has 0 radical (unpaired) electrons. The molecule has 3 rings (SSSR count). The van der Waals surface area contributed by atoms with Gasteiger partial charge >= 0.3 is 5.97 Å². The van der Waals surface area contributed by atoms with Crippen LogP contribution in [-0.2, 0) is 21.4 Å². The lowest BCUT2D eigenvalue weighted by molar-refractivity contribution is 0.0466. The third-order valence-electron chi connectivity index (χ3n) is 3.71. The first-order chi connectivity index (χ1) is 12.9. The van der Waals surface area contributed by atoms with Gasteiger partial charge in [-0.2, -0.15) is 0 Å². The summed E-state index contributed by atoms with van der Waals surface area (Å²) in [6.07, 6.45) is 1.43. The van der Waals surface area contributed by atoms with Gasteiger partial charge in [-0.3, -0.25) is 0 Å². The number of hydrogen-bond acceptors (Lipinski definition) is 7. The minimum Gasteiger partial charge on any atom is -0.455 e. The smallest absolute Gasteiger partial charge is 0.338 e. The highest BCUT2D eigenvalue weighted by Crippen LogP contribution is 2.24. The Morgan fingerprint density at radius 2 is 2.15 bits per heavy atom. The summed E-state index contributed by atoms with van der Waals surface area (Å²) >= 11 is 1.49. The van der Waals surface area contributed by atoms with E-state index in [4.69, 9.17) is 9.15 Å². The molecule has 0 fully saturated rings. The molecule has 3 aromatic rings. The maximum atomic E-state index is 12.4. The summed E-state index contributed by atoms with van der Waals surface area (Å²) in [6, 6.07) is 8.11. The van der Waals surface area contributed by atoms with Crippen molar-refractivity contribution in [3.05, 3.63) is 58.8 Å². The molecule has 0 amide bonds. The van der Waals surface area contributed by atoms with Crippen LogP contribution in [0, 0.1) is 6.92 Å². The van der Waals surface area contributed by atoms with Gasteiger partial charge in [0.25, 0.3) is 0 Å². The summed E-state index contributed by atoms with van der Waals surface area (Å²) in [4.78, 5) is 17.6. The van der Waals surface area contributed by atoms with Gasteiger partial charge in [0, 0.05) is 6.54 Å². The van der Waals surface area contributed by atoms with E-state index in [2.05, 4.69) is 9.71 Å². The molecule has 0 bridgehead atoms. The van der Waals surface area contributed by atoms with Crippen LogP contribution in [0.5, 0.6) is 0 Å². The Bertz CT molecular complexity index is 1040. The maximum Gasteiger partial charge on any atom is 0.338 e. The second-order valence-corrected chi connectivity index (χ2v) is 8.39. The minimum atomic E-state index is -3.66. The van der Waals surface area contributed by atoms with E-state index in [1.165, 1.54) is 29.7 Å². The number of rotatable bonds is 7. The Balaban J connectivity index is 1.73. The van der Waals surface area contributed by atoms with Gasteiger partial charge in [0.05, 0.1) is 15.3 Å². The Hall–Kier alpha value is -2.49. The van der Waals surface area contributed by atoms with E-state index < -0.39 is 16.0 Å². The van der Waals surface area contributed by atoms with E-state index in [-0.39, 0.29) is 23.6 Å². The average molecular weight is 406 g/mol. The molecular weight excluding hydrogens is 388 g/mol. The molecule has 0 unspecified atom stereocenters. The van der Waals surface area contributed by atoms with E-state index in [9.17, 15) is 13.2 Å². The van der Waals surface area contributed by atoms with Crippen LogP contribution in [0.4, 0.5) is 0 Å². The molecule has 9 heteroatoms. The number of nitrogens with one attached hydrogen (secondary N) is 1. The van der Waals surface area contributed by atoms with E-state index >= 15 is 0 Å². The maximum absolute atomic E-state index is 12.4. The Morgan fingerprint density at radius 1 is 1.33 bits per heavy atom. The van der Waals surface area contributed by atoms with E-state index in [1.54, 1.807) is 19.9 Å². The van der Waals surface area contributed by atoms with Crippen molar-refractivity contribution in [2.24, 2.45) is 0 Å². The van der Waals surface area contributed by atoms with Crippen LogP contribution >= 0.6 is 11.3 Å². The van der Waals surface area contributed by atoms with Crippen molar-refractivity contribution in [2.45, 2.75) is 25.3 Å². The average Bonchev–Trinajstić information content (AvgIpc) is 3.31. The van der Waals surface area contributed by atoms with E-state index in [0.717, 1.165) is 4.88 Å². The highest BCUT2D eigenvalue weighted by atomic mass is 32.2. The fourth-order valence-electron chi connectivity index (χ4n) is 2.37. The Labute approximate surface area is 161 Å². The third kappa shape index (κ3) is 4.44. The molecule has 0 spiro atoms. The van der Waals surface area contributed by atoms with Crippen LogP contribution in [-0.4, -0.2) is 25.9 Å². The van der Waals surface area contributed by atoms with Crippen molar-refractivity contribution in [2.75, 3.05) is 6.54 Å². The van der Waals surface area contributed by atoms with Gasteiger partial charge in [-0.1, -0.05) is 19.1 Å². The molecular formula is C18H18N2O5S2. The number of carbonyl (C=O) groups excluding carboxylic acids is 1. The van der Waals surface area contributed by atoms with Crippen molar-refractivity contribution in [3.8, 4) is 10.8 Å². The van der Waals surface area contributed by atoms with E-state index in [1.807, 2.05) is 17.5 Å². The SMILES string of the molecule is CCNS(=O)(=O)c1ccc(C)c(C(=O)OCc2coc(-c3cccs3)n2)c1.